The topological polar surface area (TPSA) is 40.2 Å². The molecule has 1 aromatic heterocycles. The Labute approximate surface area is 154 Å². The highest BCUT2D eigenvalue weighted by atomic mass is 19.4. The number of fused-ring (bicyclic) bond motifs is 1. The average Bonchev–Trinajstić information content (AvgIpc) is 2.94. The summed E-state index contributed by atoms with van der Waals surface area (Å²) in [7, 11) is 1.85. The van der Waals surface area contributed by atoms with Gasteiger partial charge < -0.3 is 15.0 Å². The van der Waals surface area contributed by atoms with Crippen LogP contribution in [0.1, 0.15) is 23.1 Å². The third kappa shape index (κ3) is 4.08. The molecule has 0 saturated heterocycles. The van der Waals surface area contributed by atoms with Crippen LogP contribution in [-0.4, -0.2) is 11.1 Å². The first-order valence-corrected chi connectivity index (χ1v) is 8.56. The van der Waals surface area contributed by atoms with Gasteiger partial charge in [-0.05, 0) is 54.8 Å². The van der Waals surface area contributed by atoms with Gasteiger partial charge in [0.15, 0.2) is 11.6 Å². The summed E-state index contributed by atoms with van der Waals surface area (Å²) in [4.78, 5) is 0. The number of aromatic nitrogens is 1. The number of aryl methyl sites for hydroxylation is 2. The molecule has 0 radical (unpaired) electrons. The minimum absolute atomic E-state index is 0.0533. The number of ether oxygens (including phenoxy) is 1. The minimum Gasteiger partial charge on any atom is -0.485 e. The van der Waals surface area contributed by atoms with Crippen molar-refractivity contribution < 1.29 is 22.3 Å². The standard InChI is InChI=1S/C20H20F4N2O/c1-26-11-14(5-3-9-25)18-17(26)8-7-16(21)19(18)27-12-13-4-2-6-15(10-13)20(22,23)24/h2,4,6-8,10-11H,3,5,9,12,25H2,1H3. The van der Waals surface area contributed by atoms with Crippen LogP contribution in [0.5, 0.6) is 5.75 Å². The smallest absolute Gasteiger partial charge is 0.416 e. The number of nitrogens with two attached hydrogens (primary N) is 1. The molecule has 1 heterocycles. The summed E-state index contributed by atoms with van der Waals surface area (Å²) >= 11 is 0. The normalized spacial score (nSPS) is 11.9. The van der Waals surface area contributed by atoms with Crippen molar-refractivity contribution in [3.8, 4) is 5.75 Å². The first-order valence-electron chi connectivity index (χ1n) is 8.56. The molecule has 3 nitrogen and oxygen atoms in total. The Bertz CT molecular complexity index is 947. The fourth-order valence-corrected chi connectivity index (χ4v) is 3.14. The van der Waals surface area contributed by atoms with E-state index in [1.165, 1.54) is 18.2 Å². The van der Waals surface area contributed by atoms with Crippen LogP contribution in [-0.2, 0) is 26.3 Å². The molecule has 2 N–H and O–H groups in total. The van der Waals surface area contributed by atoms with Gasteiger partial charge in [-0.2, -0.15) is 13.2 Å². The molecule has 2 aromatic carbocycles. The molecule has 0 amide bonds. The maximum absolute atomic E-state index is 14.5. The zero-order valence-corrected chi connectivity index (χ0v) is 14.8. The number of benzene rings is 2. The van der Waals surface area contributed by atoms with Crippen molar-refractivity contribution in [3.05, 3.63) is 65.1 Å². The lowest BCUT2D eigenvalue weighted by atomic mass is 10.1. The lowest BCUT2D eigenvalue weighted by Gasteiger charge is -2.12. The van der Waals surface area contributed by atoms with Gasteiger partial charge in [-0.1, -0.05) is 12.1 Å². The van der Waals surface area contributed by atoms with Crippen molar-refractivity contribution in [3.63, 3.8) is 0 Å². The van der Waals surface area contributed by atoms with Crippen molar-refractivity contribution in [1.82, 2.24) is 4.57 Å². The number of nitrogens with zero attached hydrogens (tertiary/aromatic N) is 1. The van der Waals surface area contributed by atoms with Crippen molar-refractivity contribution >= 4 is 10.9 Å². The van der Waals surface area contributed by atoms with Crippen molar-refractivity contribution in [2.45, 2.75) is 25.6 Å². The Kier molecular flexibility index (Phi) is 5.41. The maximum atomic E-state index is 14.5. The molecule has 0 saturated carbocycles. The molecule has 27 heavy (non-hydrogen) atoms. The average molecular weight is 380 g/mol. The largest absolute Gasteiger partial charge is 0.485 e. The molecule has 0 fully saturated rings. The van der Waals surface area contributed by atoms with Gasteiger partial charge in [0.2, 0.25) is 0 Å². The second-order valence-electron chi connectivity index (χ2n) is 6.41. The van der Waals surface area contributed by atoms with Crippen LogP contribution >= 0.6 is 0 Å². The van der Waals surface area contributed by atoms with E-state index in [0.29, 0.717) is 23.9 Å². The fraction of sp³-hybridized carbons (Fsp3) is 0.300. The zero-order chi connectivity index (χ0) is 19.6. The molecule has 0 aliphatic carbocycles. The van der Waals surface area contributed by atoms with Gasteiger partial charge in [0.05, 0.1) is 11.1 Å². The van der Waals surface area contributed by atoms with E-state index < -0.39 is 17.6 Å². The van der Waals surface area contributed by atoms with E-state index in [4.69, 9.17) is 10.5 Å². The predicted octanol–water partition coefficient (Wildman–Crippen LogP) is 4.81. The molecule has 0 spiro atoms. The highest BCUT2D eigenvalue weighted by Gasteiger charge is 2.30. The highest BCUT2D eigenvalue weighted by Crippen LogP contribution is 2.35. The number of halogens is 4. The molecule has 144 valence electrons. The van der Waals surface area contributed by atoms with Gasteiger partial charge in [-0.15, -0.1) is 0 Å². The summed E-state index contributed by atoms with van der Waals surface area (Å²) in [5.41, 5.74) is 6.83. The van der Waals surface area contributed by atoms with Gasteiger partial charge in [-0.3, -0.25) is 0 Å². The Morgan fingerprint density at radius 1 is 1.15 bits per heavy atom. The quantitative estimate of drug-likeness (QED) is 0.624. The first kappa shape index (κ1) is 19.2. The molecular formula is C20H20F4N2O. The molecule has 0 bridgehead atoms. The Morgan fingerprint density at radius 3 is 2.63 bits per heavy atom. The van der Waals surface area contributed by atoms with Crippen LogP contribution in [0.2, 0.25) is 0 Å². The predicted molar refractivity (Wildman–Crippen MR) is 96.0 cm³/mol. The van der Waals surface area contributed by atoms with E-state index in [2.05, 4.69) is 0 Å². The Morgan fingerprint density at radius 2 is 1.93 bits per heavy atom. The monoisotopic (exact) mass is 380 g/mol. The third-order valence-corrected chi connectivity index (χ3v) is 4.43. The summed E-state index contributed by atoms with van der Waals surface area (Å²) in [5, 5.41) is 0.637. The summed E-state index contributed by atoms with van der Waals surface area (Å²) in [6.07, 6.45) is -1.13. The van der Waals surface area contributed by atoms with Crippen LogP contribution in [0, 0.1) is 5.82 Å². The van der Waals surface area contributed by atoms with Gasteiger partial charge in [0, 0.05) is 18.6 Å². The second kappa shape index (κ2) is 7.60. The molecule has 0 unspecified atom stereocenters. The van der Waals surface area contributed by atoms with E-state index in [1.807, 2.05) is 17.8 Å². The van der Waals surface area contributed by atoms with E-state index in [0.717, 1.165) is 29.6 Å². The zero-order valence-electron chi connectivity index (χ0n) is 14.8. The van der Waals surface area contributed by atoms with E-state index in [9.17, 15) is 17.6 Å². The van der Waals surface area contributed by atoms with Crippen LogP contribution in [0.15, 0.2) is 42.6 Å². The summed E-state index contributed by atoms with van der Waals surface area (Å²) in [5.74, 6) is -0.493. The van der Waals surface area contributed by atoms with Crippen LogP contribution in [0.25, 0.3) is 10.9 Å². The van der Waals surface area contributed by atoms with Gasteiger partial charge in [-0.25, -0.2) is 4.39 Å². The lowest BCUT2D eigenvalue weighted by molar-refractivity contribution is -0.137. The first-order chi connectivity index (χ1) is 12.8. The number of hydrogen-bond donors (Lipinski definition) is 1. The molecule has 3 aromatic rings. The van der Waals surface area contributed by atoms with E-state index in [-0.39, 0.29) is 12.4 Å². The minimum atomic E-state index is -4.43. The molecule has 7 heteroatoms. The van der Waals surface area contributed by atoms with E-state index in [1.54, 1.807) is 6.07 Å². The van der Waals surface area contributed by atoms with E-state index >= 15 is 0 Å². The fourth-order valence-electron chi connectivity index (χ4n) is 3.14. The summed E-state index contributed by atoms with van der Waals surface area (Å²) < 4.78 is 60.6. The maximum Gasteiger partial charge on any atom is 0.416 e. The number of alkyl halides is 3. The highest BCUT2D eigenvalue weighted by molar-refractivity contribution is 5.90. The van der Waals surface area contributed by atoms with Gasteiger partial charge in [0.1, 0.15) is 6.61 Å². The Balaban J connectivity index is 1.94. The van der Waals surface area contributed by atoms with Crippen molar-refractivity contribution in [1.29, 1.82) is 0 Å². The summed E-state index contributed by atoms with van der Waals surface area (Å²) in [6, 6.07) is 7.80. The summed E-state index contributed by atoms with van der Waals surface area (Å²) in [6.45, 7) is 0.345. The SMILES string of the molecule is Cn1cc(CCCN)c2c(OCc3cccc(C(F)(F)F)c3)c(F)ccc21. The molecular weight excluding hydrogens is 360 g/mol. The van der Waals surface area contributed by atoms with Crippen LogP contribution < -0.4 is 10.5 Å². The number of rotatable bonds is 6. The van der Waals surface area contributed by atoms with Crippen LogP contribution in [0.4, 0.5) is 17.6 Å². The second-order valence-corrected chi connectivity index (χ2v) is 6.41. The van der Waals surface area contributed by atoms with Crippen molar-refractivity contribution in [2.75, 3.05) is 6.54 Å². The van der Waals surface area contributed by atoms with Gasteiger partial charge in [0.25, 0.3) is 0 Å². The molecule has 3 rings (SSSR count). The lowest BCUT2D eigenvalue weighted by Crippen LogP contribution is -2.06. The number of hydrogen-bond acceptors (Lipinski definition) is 2. The van der Waals surface area contributed by atoms with Gasteiger partial charge >= 0.3 is 6.18 Å². The Hall–Kier alpha value is -2.54. The van der Waals surface area contributed by atoms with Crippen LogP contribution in [0.3, 0.4) is 0 Å². The molecule has 0 aliphatic rings. The third-order valence-electron chi connectivity index (χ3n) is 4.43. The molecule has 0 atom stereocenters. The van der Waals surface area contributed by atoms with Crippen molar-refractivity contribution in [2.24, 2.45) is 12.8 Å². The molecule has 0 aliphatic heterocycles.